The van der Waals surface area contributed by atoms with Crippen LogP contribution in [-0.4, -0.2) is 17.1 Å². The van der Waals surface area contributed by atoms with Crippen LogP contribution < -0.4 is 11.1 Å². The molecule has 2 aromatic carbocycles. The first-order valence-corrected chi connectivity index (χ1v) is 7.06. The Labute approximate surface area is 127 Å². The number of aliphatic hydroxyl groups excluding tert-OH is 1. The molecular formula is C16H15ClN2O2. The van der Waals surface area contributed by atoms with E-state index in [1.807, 2.05) is 24.3 Å². The monoisotopic (exact) mass is 302 g/mol. The number of nitrogens with one attached hydrogen (secondary N) is 1. The lowest BCUT2D eigenvalue weighted by Crippen LogP contribution is -2.34. The van der Waals surface area contributed by atoms with Crippen LogP contribution in [0, 0.1) is 0 Å². The van der Waals surface area contributed by atoms with Gasteiger partial charge in [0, 0.05) is 6.42 Å². The van der Waals surface area contributed by atoms with E-state index in [0.717, 1.165) is 11.1 Å². The van der Waals surface area contributed by atoms with Crippen LogP contribution in [0.1, 0.15) is 27.5 Å². The molecule has 1 aliphatic rings. The van der Waals surface area contributed by atoms with Crippen molar-refractivity contribution < 1.29 is 9.90 Å². The molecule has 21 heavy (non-hydrogen) atoms. The number of halogens is 1. The molecule has 0 heterocycles. The van der Waals surface area contributed by atoms with E-state index < -0.39 is 12.1 Å². The fourth-order valence-corrected chi connectivity index (χ4v) is 2.88. The van der Waals surface area contributed by atoms with Crippen molar-refractivity contribution in [2.24, 2.45) is 0 Å². The van der Waals surface area contributed by atoms with E-state index >= 15 is 0 Å². The molecule has 0 fully saturated rings. The number of nitrogens with two attached hydrogens (primary N) is 1. The molecule has 2 atom stereocenters. The summed E-state index contributed by atoms with van der Waals surface area (Å²) in [6.45, 7) is 0. The van der Waals surface area contributed by atoms with Crippen molar-refractivity contribution in [3.8, 4) is 0 Å². The molecule has 0 saturated carbocycles. The summed E-state index contributed by atoms with van der Waals surface area (Å²) in [6, 6.07) is 12.2. The summed E-state index contributed by atoms with van der Waals surface area (Å²) in [5.74, 6) is -0.337. The van der Waals surface area contributed by atoms with Crippen molar-refractivity contribution in [1.29, 1.82) is 0 Å². The summed E-state index contributed by atoms with van der Waals surface area (Å²) in [4.78, 5) is 12.4. The molecule has 4 nitrogen and oxygen atoms in total. The van der Waals surface area contributed by atoms with Gasteiger partial charge in [0.05, 0.1) is 28.4 Å². The van der Waals surface area contributed by atoms with Gasteiger partial charge in [-0.1, -0.05) is 41.9 Å². The Bertz CT molecular complexity index is 702. The number of carbonyl (C=O) groups excluding carboxylic acids is 1. The third-order valence-corrected chi connectivity index (χ3v) is 4.12. The minimum absolute atomic E-state index is 0.248. The van der Waals surface area contributed by atoms with Gasteiger partial charge in [0.2, 0.25) is 0 Å². The van der Waals surface area contributed by atoms with Gasteiger partial charge in [0.15, 0.2) is 0 Å². The second kappa shape index (κ2) is 5.39. The largest absolute Gasteiger partial charge is 0.397 e. The van der Waals surface area contributed by atoms with E-state index in [1.165, 1.54) is 0 Å². The van der Waals surface area contributed by atoms with E-state index in [0.29, 0.717) is 17.0 Å². The molecule has 4 N–H and O–H groups in total. The highest BCUT2D eigenvalue weighted by atomic mass is 35.5. The van der Waals surface area contributed by atoms with Gasteiger partial charge >= 0.3 is 0 Å². The standard InChI is InChI=1S/C16H15ClN2O2/c17-12-7-3-6-11(14(12)18)16(21)19-15-10-5-2-1-4-9(10)8-13(15)20/h1-7,13,15,20H,8,18H2,(H,19,21)/t13-,15+/m1/s1. The van der Waals surface area contributed by atoms with Crippen molar-refractivity contribution in [1.82, 2.24) is 5.32 Å². The zero-order valence-electron chi connectivity index (χ0n) is 11.2. The first kappa shape index (κ1) is 13.9. The predicted molar refractivity (Wildman–Crippen MR) is 82.2 cm³/mol. The Morgan fingerprint density at radius 2 is 2.00 bits per heavy atom. The van der Waals surface area contributed by atoms with Crippen LogP contribution in [0.2, 0.25) is 5.02 Å². The van der Waals surface area contributed by atoms with Crippen LogP contribution in [0.25, 0.3) is 0 Å². The number of nitrogen functional groups attached to an aromatic ring is 1. The fraction of sp³-hybridized carbons (Fsp3) is 0.188. The normalized spacial score (nSPS) is 20.1. The molecule has 0 aromatic heterocycles. The molecule has 0 saturated heterocycles. The van der Waals surface area contributed by atoms with E-state index in [2.05, 4.69) is 5.32 Å². The predicted octanol–water partition coefficient (Wildman–Crippen LogP) is 2.31. The van der Waals surface area contributed by atoms with E-state index in [9.17, 15) is 9.90 Å². The van der Waals surface area contributed by atoms with Crippen LogP contribution >= 0.6 is 11.6 Å². The summed E-state index contributed by atoms with van der Waals surface area (Å²) in [6.07, 6.45) is -0.0988. The van der Waals surface area contributed by atoms with Gasteiger partial charge in [0.25, 0.3) is 5.91 Å². The van der Waals surface area contributed by atoms with Gasteiger partial charge in [-0.05, 0) is 23.3 Å². The molecule has 0 aliphatic heterocycles. The number of aliphatic hydroxyl groups is 1. The number of carbonyl (C=O) groups is 1. The Morgan fingerprint density at radius 1 is 1.24 bits per heavy atom. The summed E-state index contributed by atoms with van der Waals surface area (Å²) in [5.41, 5.74) is 8.39. The lowest BCUT2D eigenvalue weighted by Gasteiger charge is -2.18. The third kappa shape index (κ3) is 2.48. The Balaban J connectivity index is 1.87. The van der Waals surface area contributed by atoms with Crippen LogP contribution in [-0.2, 0) is 6.42 Å². The highest BCUT2D eigenvalue weighted by molar-refractivity contribution is 6.33. The molecular weight excluding hydrogens is 288 g/mol. The Hall–Kier alpha value is -2.04. The maximum atomic E-state index is 12.4. The van der Waals surface area contributed by atoms with E-state index in [-0.39, 0.29) is 11.6 Å². The zero-order chi connectivity index (χ0) is 15.0. The van der Waals surface area contributed by atoms with Crippen LogP contribution in [0.3, 0.4) is 0 Å². The molecule has 0 radical (unpaired) electrons. The van der Waals surface area contributed by atoms with E-state index in [4.69, 9.17) is 17.3 Å². The number of anilines is 1. The molecule has 5 heteroatoms. The highest BCUT2D eigenvalue weighted by Gasteiger charge is 2.32. The summed E-state index contributed by atoms with van der Waals surface area (Å²) >= 11 is 5.93. The summed E-state index contributed by atoms with van der Waals surface area (Å²) < 4.78 is 0. The fourth-order valence-electron chi connectivity index (χ4n) is 2.70. The molecule has 0 bridgehead atoms. The Kier molecular flexibility index (Phi) is 3.57. The number of fused-ring (bicyclic) bond motifs is 1. The van der Waals surface area contributed by atoms with Crippen molar-refractivity contribution in [3.05, 3.63) is 64.2 Å². The second-order valence-electron chi connectivity index (χ2n) is 5.12. The van der Waals surface area contributed by atoms with Crippen molar-refractivity contribution in [2.75, 3.05) is 5.73 Å². The van der Waals surface area contributed by atoms with Gasteiger partial charge in [0.1, 0.15) is 0 Å². The first-order chi connectivity index (χ1) is 10.1. The molecule has 2 aromatic rings. The molecule has 3 rings (SSSR count). The van der Waals surface area contributed by atoms with Gasteiger partial charge in [-0.3, -0.25) is 4.79 Å². The number of hydrogen-bond donors (Lipinski definition) is 3. The maximum Gasteiger partial charge on any atom is 0.253 e. The average molecular weight is 303 g/mol. The number of rotatable bonds is 2. The zero-order valence-corrected chi connectivity index (χ0v) is 12.0. The smallest absolute Gasteiger partial charge is 0.253 e. The second-order valence-corrected chi connectivity index (χ2v) is 5.53. The van der Waals surface area contributed by atoms with Crippen molar-refractivity contribution >= 4 is 23.2 Å². The lowest BCUT2D eigenvalue weighted by molar-refractivity contribution is 0.0859. The van der Waals surface area contributed by atoms with Crippen molar-refractivity contribution in [3.63, 3.8) is 0 Å². The topological polar surface area (TPSA) is 75.4 Å². The quantitative estimate of drug-likeness (QED) is 0.745. The minimum atomic E-state index is -0.633. The van der Waals surface area contributed by atoms with E-state index in [1.54, 1.807) is 18.2 Å². The minimum Gasteiger partial charge on any atom is -0.397 e. The SMILES string of the molecule is Nc1c(Cl)cccc1C(=O)N[C@H]1c2ccccc2C[C@H]1O. The number of benzene rings is 2. The number of para-hydroxylation sites is 1. The first-order valence-electron chi connectivity index (χ1n) is 6.68. The molecule has 108 valence electrons. The van der Waals surface area contributed by atoms with Crippen LogP contribution in [0.5, 0.6) is 0 Å². The molecule has 1 aliphatic carbocycles. The summed E-state index contributed by atoms with van der Waals surface area (Å²) in [5, 5.41) is 13.3. The Morgan fingerprint density at radius 3 is 2.81 bits per heavy atom. The van der Waals surface area contributed by atoms with Crippen LogP contribution in [0.4, 0.5) is 5.69 Å². The molecule has 0 spiro atoms. The average Bonchev–Trinajstić information content (AvgIpc) is 2.78. The van der Waals surface area contributed by atoms with Gasteiger partial charge in [-0.15, -0.1) is 0 Å². The van der Waals surface area contributed by atoms with Gasteiger partial charge < -0.3 is 16.2 Å². The molecule has 0 unspecified atom stereocenters. The lowest BCUT2D eigenvalue weighted by atomic mass is 10.1. The highest BCUT2D eigenvalue weighted by Crippen LogP contribution is 2.32. The van der Waals surface area contributed by atoms with Crippen LogP contribution in [0.15, 0.2) is 42.5 Å². The maximum absolute atomic E-state index is 12.4. The third-order valence-electron chi connectivity index (χ3n) is 3.79. The number of amides is 1. The van der Waals surface area contributed by atoms with Gasteiger partial charge in [-0.2, -0.15) is 0 Å². The number of hydrogen-bond acceptors (Lipinski definition) is 3. The molecule has 1 amide bonds. The summed E-state index contributed by atoms with van der Waals surface area (Å²) in [7, 11) is 0. The van der Waals surface area contributed by atoms with Crippen molar-refractivity contribution in [2.45, 2.75) is 18.6 Å². The van der Waals surface area contributed by atoms with Gasteiger partial charge in [-0.25, -0.2) is 0 Å².